The number of nitrogen functional groups attached to an aromatic ring is 2. The van der Waals surface area contributed by atoms with Crippen LogP contribution in [0.25, 0.3) is 0 Å². The maximum absolute atomic E-state index is 11.3. The van der Waals surface area contributed by atoms with Crippen molar-refractivity contribution >= 4 is 29.4 Å². The highest BCUT2D eigenvalue weighted by Gasteiger charge is 2.19. The molecule has 2 aromatic heterocycles. The van der Waals surface area contributed by atoms with Crippen LogP contribution in [-0.4, -0.2) is 31.2 Å². The van der Waals surface area contributed by atoms with E-state index >= 15 is 0 Å². The molecule has 2 heterocycles. The van der Waals surface area contributed by atoms with Crippen molar-refractivity contribution in [2.24, 2.45) is 0 Å². The molecule has 0 radical (unpaired) electrons. The van der Waals surface area contributed by atoms with Crippen LogP contribution >= 0.6 is 11.8 Å². The van der Waals surface area contributed by atoms with Crippen molar-refractivity contribution in [3.8, 4) is 0 Å². The zero-order valence-electron chi connectivity index (χ0n) is 10.8. The minimum Gasteiger partial charge on any atom is -0.478 e. The topological polar surface area (TPSA) is 141 Å². The third kappa shape index (κ3) is 2.77. The highest BCUT2D eigenvalue weighted by Crippen LogP contribution is 2.29. The van der Waals surface area contributed by atoms with E-state index < -0.39 is 5.97 Å². The van der Waals surface area contributed by atoms with Crippen LogP contribution in [-0.2, 0) is 0 Å². The van der Waals surface area contributed by atoms with Crippen molar-refractivity contribution in [2.75, 3.05) is 11.5 Å². The fraction of sp³-hybridized carbons (Fsp3) is 0.182. The Kier molecular flexibility index (Phi) is 3.70. The van der Waals surface area contributed by atoms with Gasteiger partial charge in [-0.15, -0.1) is 5.10 Å². The molecule has 0 bridgehead atoms. The summed E-state index contributed by atoms with van der Waals surface area (Å²) in [6, 6.07) is 1.41. The van der Waals surface area contributed by atoms with Gasteiger partial charge in [-0.1, -0.05) is 0 Å². The van der Waals surface area contributed by atoms with E-state index in [4.69, 9.17) is 11.5 Å². The van der Waals surface area contributed by atoms with Crippen molar-refractivity contribution in [1.82, 2.24) is 20.2 Å². The third-order valence-corrected chi connectivity index (χ3v) is 3.41. The van der Waals surface area contributed by atoms with Crippen LogP contribution in [0.2, 0.25) is 0 Å². The van der Waals surface area contributed by atoms with Crippen LogP contribution in [0.3, 0.4) is 0 Å². The number of carbonyl (C=O) groups is 1. The van der Waals surface area contributed by atoms with E-state index in [-0.39, 0.29) is 27.4 Å². The number of hydrogen-bond acceptors (Lipinski definition) is 8. The van der Waals surface area contributed by atoms with Crippen LogP contribution < -0.4 is 11.5 Å². The van der Waals surface area contributed by atoms with E-state index in [2.05, 4.69) is 20.2 Å². The highest BCUT2D eigenvalue weighted by molar-refractivity contribution is 7.99. The van der Waals surface area contributed by atoms with E-state index in [0.29, 0.717) is 11.3 Å². The molecule has 0 saturated heterocycles. The van der Waals surface area contributed by atoms with Crippen LogP contribution in [0.15, 0.2) is 16.2 Å². The Morgan fingerprint density at radius 3 is 2.35 bits per heavy atom. The Hall–Kier alpha value is -2.42. The Bertz CT molecular complexity index is 671. The molecule has 0 saturated carbocycles. The SMILES string of the molecule is Cc1nnc(Sc2nc(N)cc(N)n2)c(C(=O)O)c1C. The summed E-state index contributed by atoms with van der Waals surface area (Å²) in [6.07, 6.45) is 0. The van der Waals surface area contributed by atoms with Crippen LogP contribution in [0.4, 0.5) is 11.6 Å². The first kappa shape index (κ1) is 14.0. The van der Waals surface area contributed by atoms with Gasteiger partial charge in [0.15, 0.2) is 5.16 Å². The van der Waals surface area contributed by atoms with Gasteiger partial charge < -0.3 is 16.6 Å². The number of nitrogens with zero attached hydrogens (tertiary/aromatic N) is 4. The van der Waals surface area contributed by atoms with Crippen molar-refractivity contribution in [1.29, 1.82) is 0 Å². The molecule has 2 aromatic rings. The summed E-state index contributed by atoms with van der Waals surface area (Å²) in [7, 11) is 0. The average Bonchev–Trinajstić information content (AvgIpc) is 2.32. The van der Waals surface area contributed by atoms with Crippen LogP contribution in [0.1, 0.15) is 21.6 Å². The summed E-state index contributed by atoms with van der Waals surface area (Å²) in [6.45, 7) is 3.37. The first-order valence-electron chi connectivity index (χ1n) is 5.53. The maximum atomic E-state index is 11.3. The highest BCUT2D eigenvalue weighted by atomic mass is 32.2. The minimum absolute atomic E-state index is 0.0760. The zero-order chi connectivity index (χ0) is 14.9. The first-order chi connectivity index (χ1) is 9.38. The normalized spacial score (nSPS) is 10.5. The largest absolute Gasteiger partial charge is 0.478 e. The fourth-order valence-corrected chi connectivity index (χ4v) is 2.40. The van der Waals surface area contributed by atoms with Crippen molar-refractivity contribution in [2.45, 2.75) is 24.0 Å². The molecule has 0 spiro atoms. The fourth-order valence-electron chi connectivity index (χ4n) is 1.50. The van der Waals surface area contributed by atoms with E-state index in [0.717, 1.165) is 11.8 Å². The molecular formula is C11H12N6O2S. The Balaban J connectivity index is 2.48. The number of nitrogens with two attached hydrogens (primary N) is 2. The summed E-state index contributed by atoms with van der Waals surface area (Å²) >= 11 is 0.957. The lowest BCUT2D eigenvalue weighted by atomic mass is 10.1. The van der Waals surface area contributed by atoms with Gasteiger partial charge in [-0.3, -0.25) is 0 Å². The second-order valence-corrected chi connectivity index (χ2v) is 4.95. The molecule has 104 valence electrons. The van der Waals surface area contributed by atoms with Gasteiger partial charge in [-0.2, -0.15) is 5.10 Å². The lowest BCUT2D eigenvalue weighted by molar-refractivity contribution is 0.0690. The van der Waals surface area contributed by atoms with Gasteiger partial charge in [0.05, 0.1) is 11.3 Å². The molecule has 5 N–H and O–H groups in total. The van der Waals surface area contributed by atoms with Crippen molar-refractivity contribution < 1.29 is 9.90 Å². The predicted molar refractivity (Wildman–Crippen MR) is 73.4 cm³/mol. The number of rotatable bonds is 3. The molecular weight excluding hydrogens is 280 g/mol. The van der Waals surface area contributed by atoms with Gasteiger partial charge in [0, 0.05) is 6.07 Å². The number of aromatic carboxylic acids is 1. The average molecular weight is 292 g/mol. The van der Waals surface area contributed by atoms with Gasteiger partial charge in [-0.05, 0) is 31.2 Å². The summed E-state index contributed by atoms with van der Waals surface area (Å²) in [5.41, 5.74) is 12.3. The second-order valence-electron chi connectivity index (χ2n) is 4.00. The van der Waals surface area contributed by atoms with Gasteiger partial charge in [-0.25, -0.2) is 14.8 Å². The lowest BCUT2D eigenvalue weighted by Gasteiger charge is -2.08. The number of aryl methyl sites for hydroxylation is 1. The molecule has 9 heteroatoms. The smallest absolute Gasteiger partial charge is 0.338 e. The molecule has 0 aromatic carbocycles. The standard InChI is InChI=1S/C11H12N6O2S/c1-4-5(2)16-17-9(8(4)10(18)19)20-11-14-6(12)3-7(13)15-11/h3H,1-2H3,(H,18,19)(H4,12,13,14,15). The molecule has 0 unspecified atom stereocenters. The molecule has 0 aliphatic rings. The van der Waals surface area contributed by atoms with Gasteiger partial charge >= 0.3 is 5.97 Å². The van der Waals surface area contributed by atoms with Crippen LogP contribution in [0, 0.1) is 13.8 Å². The lowest BCUT2D eigenvalue weighted by Crippen LogP contribution is -2.08. The number of hydrogen-bond donors (Lipinski definition) is 3. The third-order valence-electron chi connectivity index (χ3n) is 2.57. The molecule has 0 aliphatic carbocycles. The molecule has 8 nitrogen and oxygen atoms in total. The zero-order valence-corrected chi connectivity index (χ0v) is 11.6. The molecule has 0 amide bonds. The molecule has 20 heavy (non-hydrogen) atoms. The van der Waals surface area contributed by atoms with Crippen molar-refractivity contribution in [3.05, 3.63) is 22.9 Å². The number of aromatic nitrogens is 4. The molecule has 2 rings (SSSR count). The van der Waals surface area contributed by atoms with E-state index in [9.17, 15) is 9.90 Å². The Morgan fingerprint density at radius 1 is 1.20 bits per heavy atom. The van der Waals surface area contributed by atoms with Gasteiger partial charge in [0.2, 0.25) is 0 Å². The number of anilines is 2. The molecule has 0 atom stereocenters. The summed E-state index contributed by atoms with van der Waals surface area (Å²) in [5.74, 6) is -0.679. The van der Waals surface area contributed by atoms with Gasteiger partial charge in [0.1, 0.15) is 16.7 Å². The summed E-state index contributed by atoms with van der Waals surface area (Å²) < 4.78 is 0. The molecule has 0 fully saturated rings. The maximum Gasteiger partial charge on any atom is 0.338 e. The van der Waals surface area contributed by atoms with Gasteiger partial charge in [0.25, 0.3) is 0 Å². The first-order valence-corrected chi connectivity index (χ1v) is 6.35. The minimum atomic E-state index is -1.08. The number of carboxylic acids is 1. The van der Waals surface area contributed by atoms with Crippen molar-refractivity contribution in [3.63, 3.8) is 0 Å². The van der Waals surface area contributed by atoms with E-state index in [1.165, 1.54) is 6.07 Å². The van der Waals surface area contributed by atoms with Crippen LogP contribution in [0.5, 0.6) is 0 Å². The Labute approximate surface area is 118 Å². The Morgan fingerprint density at radius 2 is 1.80 bits per heavy atom. The quantitative estimate of drug-likeness (QED) is 0.703. The van der Waals surface area contributed by atoms with E-state index in [1.807, 2.05) is 0 Å². The summed E-state index contributed by atoms with van der Waals surface area (Å²) in [5, 5.41) is 17.5. The number of carboxylic acid groups (broad SMARTS) is 1. The monoisotopic (exact) mass is 292 g/mol. The second kappa shape index (κ2) is 5.29. The summed E-state index contributed by atoms with van der Waals surface area (Å²) in [4.78, 5) is 19.3. The predicted octanol–water partition coefficient (Wildman–Crippen LogP) is 0.897. The van der Waals surface area contributed by atoms with E-state index in [1.54, 1.807) is 13.8 Å². The molecule has 0 aliphatic heterocycles.